The number of aromatic nitrogens is 1. The molecule has 1 aromatic rings. The maximum atomic E-state index is 12.6. The van der Waals surface area contributed by atoms with Crippen molar-refractivity contribution >= 4 is 0 Å². The molecule has 1 aliphatic carbocycles. The molecule has 1 saturated heterocycles. The quantitative estimate of drug-likeness (QED) is 0.899. The largest absolute Gasteiger partial charge is 0.433 e. The topological polar surface area (TPSA) is 36.4 Å². The first-order valence-corrected chi connectivity index (χ1v) is 8.26. The molecule has 1 aromatic heterocycles. The molecule has 0 spiro atoms. The molecule has 0 aromatic carbocycles. The van der Waals surface area contributed by atoms with Crippen LogP contribution in [0, 0.1) is 11.3 Å². The van der Waals surface area contributed by atoms with Gasteiger partial charge in [-0.1, -0.05) is 18.9 Å². The van der Waals surface area contributed by atoms with Crippen LogP contribution < -0.4 is 0 Å². The van der Waals surface area contributed by atoms with Crippen LogP contribution >= 0.6 is 0 Å². The zero-order valence-corrected chi connectivity index (χ0v) is 13.1. The Morgan fingerprint density at radius 3 is 2.65 bits per heavy atom. The third-order valence-corrected chi connectivity index (χ3v) is 5.02. The summed E-state index contributed by atoms with van der Waals surface area (Å²) in [7, 11) is 0. The van der Waals surface area contributed by atoms with Crippen molar-refractivity contribution in [3.8, 4) is 0 Å². The maximum Gasteiger partial charge on any atom is 0.433 e. The second kappa shape index (κ2) is 6.40. The van der Waals surface area contributed by atoms with E-state index in [-0.39, 0.29) is 12.0 Å². The van der Waals surface area contributed by atoms with Crippen LogP contribution in [-0.4, -0.2) is 34.7 Å². The predicted molar refractivity (Wildman–Crippen MR) is 80.6 cm³/mol. The Morgan fingerprint density at radius 2 is 2.09 bits per heavy atom. The van der Waals surface area contributed by atoms with Gasteiger partial charge in [-0.3, -0.25) is 9.88 Å². The Hall–Kier alpha value is -1.14. The standard InChI is InChI=1S/C17H23F3N2O/c18-17(19,20)15-5-4-14(9-21-15)10-22-7-1-6-16(11-22,12-23)8-13-2-3-13/h4-5,9,13,23H,1-3,6-8,10-12H2/t16-/m1/s1. The number of aliphatic hydroxyl groups is 1. The lowest BCUT2D eigenvalue weighted by atomic mass is 9.76. The number of hydrogen-bond donors (Lipinski definition) is 1. The highest BCUT2D eigenvalue weighted by Crippen LogP contribution is 2.44. The van der Waals surface area contributed by atoms with Crippen LogP contribution in [0.2, 0.25) is 0 Å². The molecule has 1 N–H and O–H groups in total. The van der Waals surface area contributed by atoms with Crippen molar-refractivity contribution in [3.63, 3.8) is 0 Å². The molecule has 0 amide bonds. The van der Waals surface area contributed by atoms with Gasteiger partial charge >= 0.3 is 6.18 Å². The minimum absolute atomic E-state index is 0.0290. The van der Waals surface area contributed by atoms with Gasteiger partial charge in [-0.15, -0.1) is 0 Å². The van der Waals surface area contributed by atoms with E-state index in [1.807, 2.05) is 0 Å². The van der Waals surface area contributed by atoms with Gasteiger partial charge in [0.05, 0.1) is 0 Å². The van der Waals surface area contributed by atoms with Crippen molar-refractivity contribution in [2.45, 2.75) is 44.8 Å². The van der Waals surface area contributed by atoms with E-state index >= 15 is 0 Å². The lowest BCUT2D eigenvalue weighted by Gasteiger charge is -2.42. The zero-order valence-electron chi connectivity index (χ0n) is 13.1. The molecule has 128 valence electrons. The highest BCUT2D eigenvalue weighted by molar-refractivity contribution is 5.16. The Morgan fingerprint density at radius 1 is 1.30 bits per heavy atom. The number of pyridine rings is 1. The summed E-state index contributed by atoms with van der Waals surface area (Å²) >= 11 is 0. The molecule has 1 atom stereocenters. The second-order valence-corrected chi connectivity index (χ2v) is 7.17. The molecule has 0 bridgehead atoms. The summed E-state index contributed by atoms with van der Waals surface area (Å²) in [4.78, 5) is 5.77. The Labute approximate surface area is 134 Å². The monoisotopic (exact) mass is 328 g/mol. The molecule has 6 heteroatoms. The van der Waals surface area contributed by atoms with E-state index in [0.29, 0.717) is 6.54 Å². The first-order chi connectivity index (χ1) is 10.9. The average Bonchev–Trinajstić information content (AvgIpc) is 3.31. The van der Waals surface area contributed by atoms with Gasteiger partial charge < -0.3 is 5.11 Å². The normalized spacial score (nSPS) is 26.4. The predicted octanol–water partition coefficient (Wildman–Crippen LogP) is 3.48. The summed E-state index contributed by atoms with van der Waals surface area (Å²) in [5.41, 5.74) is -0.0878. The van der Waals surface area contributed by atoms with E-state index in [2.05, 4.69) is 9.88 Å². The van der Waals surface area contributed by atoms with Crippen molar-refractivity contribution in [1.29, 1.82) is 0 Å². The number of nitrogens with zero attached hydrogens (tertiary/aromatic N) is 2. The summed E-state index contributed by atoms with van der Waals surface area (Å²) in [6.07, 6.45) is 2.61. The number of aliphatic hydroxyl groups excluding tert-OH is 1. The number of piperidine rings is 1. The Balaban J connectivity index is 1.62. The van der Waals surface area contributed by atoms with Crippen LogP contribution in [0.15, 0.2) is 18.3 Å². The fraction of sp³-hybridized carbons (Fsp3) is 0.706. The molecule has 2 aliphatic rings. The van der Waals surface area contributed by atoms with Gasteiger partial charge in [0, 0.05) is 31.3 Å². The van der Waals surface area contributed by atoms with Crippen molar-refractivity contribution < 1.29 is 18.3 Å². The zero-order chi connectivity index (χ0) is 16.5. The van der Waals surface area contributed by atoms with Crippen molar-refractivity contribution in [2.24, 2.45) is 11.3 Å². The molecule has 23 heavy (non-hydrogen) atoms. The molecule has 3 rings (SSSR count). The van der Waals surface area contributed by atoms with E-state index in [9.17, 15) is 18.3 Å². The van der Waals surface area contributed by atoms with Crippen LogP contribution in [0.4, 0.5) is 13.2 Å². The highest BCUT2D eigenvalue weighted by atomic mass is 19.4. The average molecular weight is 328 g/mol. The van der Waals surface area contributed by atoms with E-state index in [0.717, 1.165) is 49.9 Å². The van der Waals surface area contributed by atoms with Crippen LogP contribution in [0.5, 0.6) is 0 Å². The van der Waals surface area contributed by atoms with Gasteiger partial charge in [0.25, 0.3) is 0 Å². The van der Waals surface area contributed by atoms with E-state index in [1.165, 1.54) is 25.1 Å². The first-order valence-electron chi connectivity index (χ1n) is 8.26. The lowest BCUT2D eigenvalue weighted by molar-refractivity contribution is -0.141. The SMILES string of the molecule is OC[C@@]1(CC2CC2)CCCN(Cc2ccc(C(F)(F)F)nc2)C1. The lowest BCUT2D eigenvalue weighted by Crippen LogP contribution is -2.45. The van der Waals surface area contributed by atoms with Crippen LogP contribution in [0.3, 0.4) is 0 Å². The number of rotatable bonds is 5. The molecule has 2 heterocycles. The van der Waals surface area contributed by atoms with E-state index in [1.54, 1.807) is 0 Å². The number of hydrogen-bond acceptors (Lipinski definition) is 3. The molecule has 3 nitrogen and oxygen atoms in total. The Bertz CT molecular complexity index is 528. The summed E-state index contributed by atoms with van der Waals surface area (Å²) in [6.45, 7) is 2.54. The van der Waals surface area contributed by atoms with Crippen molar-refractivity contribution in [2.75, 3.05) is 19.7 Å². The summed E-state index contributed by atoms with van der Waals surface area (Å²) in [6, 6.07) is 2.55. The second-order valence-electron chi connectivity index (χ2n) is 7.17. The van der Waals surface area contributed by atoms with E-state index < -0.39 is 11.9 Å². The van der Waals surface area contributed by atoms with Gasteiger partial charge in [-0.25, -0.2) is 0 Å². The van der Waals surface area contributed by atoms with E-state index in [4.69, 9.17) is 0 Å². The third kappa shape index (κ3) is 4.23. The molecule has 1 aliphatic heterocycles. The molecular weight excluding hydrogens is 305 g/mol. The molecule has 1 saturated carbocycles. The van der Waals surface area contributed by atoms with Crippen molar-refractivity contribution in [3.05, 3.63) is 29.6 Å². The minimum atomic E-state index is -4.39. The maximum absolute atomic E-state index is 12.6. The van der Waals surface area contributed by atoms with Crippen LogP contribution in [-0.2, 0) is 12.7 Å². The summed E-state index contributed by atoms with van der Waals surface area (Å²) in [5.74, 6) is 0.759. The van der Waals surface area contributed by atoms with Gasteiger partial charge in [-0.05, 0) is 43.4 Å². The van der Waals surface area contributed by atoms with Gasteiger partial charge in [-0.2, -0.15) is 13.2 Å². The molecule has 0 radical (unpaired) electrons. The number of likely N-dealkylation sites (tertiary alicyclic amines) is 1. The molecular formula is C17H23F3N2O. The molecule has 0 unspecified atom stereocenters. The van der Waals surface area contributed by atoms with Gasteiger partial charge in [0.1, 0.15) is 5.69 Å². The number of halogens is 3. The minimum Gasteiger partial charge on any atom is -0.396 e. The van der Waals surface area contributed by atoms with Crippen LogP contribution in [0.25, 0.3) is 0 Å². The summed E-state index contributed by atoms with van der Waals surface area (Å²) in [5, 5.41) is 9.86. The summed E-state index contributed by atoms with van der Waals surface area (Å²) < 4.78 is 37.7. The van der Waals surface area contributed by atoms with Crippen LogP contribution in [0.1, 0.15) is 43.4 Å². The smallest absolute Gasteiger partial charge is 0.396 e. The molecule has 2 fully saturated rings. The van der Waals surface area contributed by atoms with Gasteiger partial charge in [0.15, 0.2) is 0 Å². The Kier molecular flexibility index (Phi) is 4.65. The fourth-order valence-corrected chi connectivity index (χ4v) is 3.68. The van der Waals surface area contributed by atoms with Gasteiger partial charge in [0.2, 0.25) is 0 Å². The highest BCUT2D eigenvalue weighted by Gasteiger charge is 2.39. The van der Waals surface area contributed by atoms with Crippen molar-refractivity contribution in [1.82, 2.24) is 9.88 Å². The number of alkyl halides is 3. The third-order valence-electron chi connectivity index (χ3n) is 5.02. The fourth-order valence-electron chi connectivity index (χ4n) is 3.68. The first kappa shape index (κ1) is 16.7.